The minimum atomic E-state index is -1.49. The molecule has 2 N–H and O–H groups in total. The minimum Gasteiger partial charge on any atom is -0.481 e. The molecule has 0 radical (unpaired) electrons. The number of carboxylic acid groups (broad SMARTS) is 1. The van der Waals surface area contributed by atoms with Crippen molar-refractivity contribution >= 4 is 23.5 Å². The Hall–Kier alpha value is -1.69. The number of amides is 1. The van der Waals surface area contributed by atoms with Crippen LogP contribution in [0.3, 0.4) is 0 Å². The van der Waals surface area contributed by atoms with Gasteiger partial charge in [0.05, 0.1) is 0 Å². The van der Waals surface area contributed by atoms with Crippen LogP contribution in [0.15, 0.2) is 12.1 Å². The van der Waals surface area contributed by atoms with E-state index in [1.54, 1.807) is 0 Å². The fraction of sp³-hybridized carbons (Fsp3) is 0.273. The topological polar surface area (TPSA) is 66.4 Å². The summed E-state index contributed by atoms with van der Waals surface area (Å²) in [6, 6.07) is 1.78. The standard InChI is InChI=1S/C11H8ClF2NO3/c12-4-1-6(13)8(7(14)2-4)5-3-15-10(16)9(5)11(17)18/h1-2,5,9H,3H2,(H,15,16)(H,17,18)/t5-,9-/m0/s1. The van der Waals surface area contributed by atoms with Crippen LogP contribution in [0, 0.1) is 17.6 Å². The van der Waals surface area contributed by atoms with Crippen molar-refractivity contribution in [2.24, 2.45) is 5.92 Å². The number of hydrogen-bond donors (Lipinski definition) is 2. The zero-order valence-corrected chi connectivity index (χ0v) is 9.67. The van der Waals surface area contributed by atoms with Crippen LogP contribution in [0.25, 0.3) is 0 Å². The van der Waals surface area contributed by atoms with E-state index < -0.39 is 40.9 Å². The second-order valence-electron chi connectivity index (χ2n) is 3.95. The smallest absolute Gasteiger partial charge is 0.316 e. The van der Waals surface area contributed by atoms with Crippen LogP contribution in [0.2, 0.25) is 5.02 Å². The largest absolute Gasteiger partial charge is 0.481 e. The van der Waals surface area contributed by atoms with E-state index in [0.29, 0.717) is 0 Å². The summed E-state index contributed by atoms with van der Waals surface area (Å²) in [4.78, 5) is 22.3. The van der Waals surface area contributed by atoms with E-state index in [1.807, 2.05) is 0 Å². The van der Waals surface area contributed by atoms with E-state index in [4.69, 9.17) is 16.7 Å². The van der Waals surface area contributed by atoms with Crippen LogP contribution in [-0.2, 0) is 9.59 Å². The second-order valence-corrected chi connectivity index (χ2v) is 4.39. The predicted octanol–water partition coefficient (Wildman–Crippen LogP) is 1.53. The lowest BCUT2D eigenvalue weighted by atomic mass is 9.88. The first-order chi connectivity index (χ1) is 8.41. The predicted molar refractivity (Wildman–Crippen MR) is 58.2 cm³/mol. The summed E-state index contributed by atoms with van der Waals surface area (Å²) in [5, 5.41) is 11.1. The average molecular weight is 276 g/mol. The summed E-state index contributed by atoms with van der Waals surface area (Å²) in [6.07, 6.45) is 0. The highest BCUT2D eigenvalue weighted by molar-refractivity contribution is 6.30. The highest BCUT2D eigenvalue weighted by Gasteiger charge is 2.43. The van der Waals surface area contributed by atoms with Gasteiger partial charge in [-0.15, -0.1) is 0 Å². The third-order valence-electron chi connectivity index (χ3n) is 2.86. The molecule has 18 heavy (non-hydrogen) atoms. The lowest BCUT2D eigenvalue weighted by molar-refractivity contribution is -0.145. The SMILES string of the molecule is O=C(O)[C@@H]1C(=O)NC[C@H]1c1c(F)cc(Cl)cc1F. The number of nitrogens with one attached hydrogen (secondary N) is 1. The number of aliphatic carboxylic acids is 1. The Labute approximate surface area is 106 Å². The van der Waals surface area contributed by atoms with Gasteiger partial charge in [-0.05, 0) is 12.1 Å². The molecule has 1 amide bonds. The van der Waals surface area contributed by atoms with Gasteiger partial charge in [-0.25, -0.2) is 8.78 Å². The number of rotatable bonds is 2. The number of hydrogen-bond acceptors (Lipinski definition) is 2. The maximum absolute atomic E-state index is 13.7. The van der Waals surface area contributed by atoms with Crippen molar-refractivity contribution in [1.82, 2.24) is 5.32 Å². The van der Waals surface area contributed by atoms with Crippen molar-refractivity contribution in [1.29, 1.82) is 0 Å². The maximum atomic E-state index is 13.7. The summed E-state index contributed by atoms with van der Waals surface area (Å²) in [5.74, 6) is -6.63. The Bertz CT molecular complexity index is 512. The van der Waals surface area contributed by atoms with Gasteiger partial charge < -0.3 is 10.4 Å². The molecule has 1 fully saturated rings. The van der Waals surface area contributed by atoms with E-state index in [1.165, 1.54) is 0 Å². The second kappa shape index (κ2) is 4.53. The zero-order chi connectivity index (χ0) is 13.4. The summed E-state index contributed by atoms with van der Waals surface area (Å²) in [7, 11) is 0. The first-order valence-corrected chi connectivity index (χ1v) is 5.44. The van der Waals surface area contributed by atoms with Gasteiger partial charge in [-0.1, -0.05) is 11.6 Å². The van der Waals surface area contributed by atoms with Gasteiger partial charge in [0.15, 0.2) is 0 Å². The molecule has 2 rings (SSSR count). The fourth-order valence-corrected chi connectivity index (χ4v) is 2.27. The molecule has 7 heteroatoms. The molecule has 1 aliphatic rings. The van der Waals surface area contributed by atoms with Crippen LogP contribution in [0.5, 0.6) is 0 Å². The Morgan fingerprint density at radius 3 is 2.44 bits per heavy atom. The number of carbonyl (C=O) groups is 2. The van der Waals surface area contributed by atoms with Crippen molar-refractivity contribution in [2.45, 2.75) is 5.92 Å². The van der Waals surface area contributed by atoms with E-state index in [9.17, 15) is 18.4 Å². The quantitative estimate of drug-likeness (QED) is 0.805. The summed E-state index contributed by atoms with van der Waals surface area (Å²) in [6.45, 7) is -0.120. The molecule has 0 bridgehead atoms. The van der Waals surface area contributed by atoms with Gasteiger partial charge in [0.25, 0.3) is 0 Å². The monoisotopic (exact) mass is 275 g/mol. The molecule has 1 aromatic carbocycles. The van der Waals surface area contributed by atoms with Crippen molar-refractivity contribution in [2.75, 3.05) is 6.54 Å². The van der Waals surface area contributed by atoms with E-state index in [2.05, 4.69) is 5.32 Å². The Morgan fingerprint density at radius 1 is 1.39 bits per heavy atom. The number of carbonyl (C=O) groups excluding carboxylic acids is 1. The van der Waals surface area contributed by atoms with Crippen molar-refractivity contribution in [3.8, 4) is 0 Å². The molecule has 0 unspecified atom stereocenters. The molecule has 0 aromatic heterocycles. The third kappa shape index (κ3) is 2.03. The van der Waals surface area contributed by atoms with E-state index in [0.717, 1.165) is 12.1 Å². The molecule has 1 saturated heterocycles. The molecule has 96 valence electrons. The van der Waals surface area contributed by atoms with Crippen LogP contribution in [0.1, 0.15) is 11.5 Å². The van der Waals surface area contributed by atoms with Crippen molar-refractivity contribution < 1.29 is 23.5 Å². The molecule has 4 nitrogen and oxygen atoms in total. The van der Waals surface area contributed by atoms with Gasteiger partial charge in [-0.3, -0.25) is 9.59 Å². The van der Waals surface area contributed by atoms with Crippen LogP contribution in [-0.4, -0.2) is 23.5 Å². The molecule has 0 saturated carbocycles. The van der Waals surface area contributed by atoms with Gasteiger partial charge >= 0.3 is 5.97 Å². The Balaban J connectivity index is 2.49. The molecular weight excluding hydrogens is 268 g/mol. The summed E-state index contributed by atoms with van der Waals surface area (Å²) < 4.78 is 27.3. The number of halogens is 3. The molecule has 0 aliphatic carbocycles. The molecule has 2 atom stereocenters. The van der Waals surface area contributed by atoms with E-state index >= 15 is 0 Å². The first-order valence-electron chi connectivity index (χ1n) is 5.06. The first kappa shape index (κ1) is 12.8. The van der Waals surface area contributed by atoms with Gasteiger partial charge in [0.2, 0.25) is 5.91 Å². The number of benzene rings is 1. The summed E-state index contributed by atoms with van der Waals surface area (Å²) >= 11 is 5.48. The minimum absolute atomic E-state index is 0.120. The summed E-state index contributed by atoms with van der Waals surface area (Å²) in [5.41, 5.74) is -0.426. The Kier molecular flexibility index (Phi) is 3.21. The normalized spacial score (nSPS) is 22.9. The highest BCUT2D eigenvalue weighted by Crippen LogP contribution is 2.34. The highest BCUT2D eigenvalue weighted by atomic mass is 35.5. The van der Waals surface area contributed by atoms with Crippen molar-refractivity contribution in [3.05, 3.63) is 34.4 Å². The lowest BCUT2D eigenvalue weighted by Gasteiger charge is -2.15. The molecular formula is C11H8ClF2NO3. The number of carboxylic acids is 1. The van der Waals surface area contributed by atoms with Crippen LogP contribution >= 0.6 is 11.6 Å². The van der Waals surface area contributed by atoms with Gasteiger partial charge in [0, 0.05) is 23.0 Å². The zero-order valence-electron chi connectivity index (χ0n) is 8.91. The Morgan fingerprint density at radius 2 is 1.94 bits per heavy atom. The van der Waals surface area contributed by atoms with Crippen molar-refractivity contribution in [3.63, 3.8) is 0 Å². The molecule has 0 spiro atoms. The fourth-order valence-electron chi connectivity index (χ4n) is 2.08. The van der Waals surface area contributed by atoms with E-state index in [-0.39, 0.29) is 11.6 Å². The molecule has 1 aliphatic heterocycles. The lowest BCUT2D eigenvalue weighted by Crippen LogP contribution is -2.27. The maximum Gasteiger partial charge on any atom is 0.316 e. The van der Waals surface area contributed by atoms with Crippen LogP contribution < -0.4 is 5.32 Å². The van der Waals surface area contributed by atoms with Crippen LogP contribution in [0.4, 0.5) is 8.78 Å². The molecule has 1 aromatic rings. The molecule has 1 heterocycles. The average Bonchev–Trinajstić information content (AvgIpc) is 2.58. The van der Waals surface area contributed by atoms with Gasteiger partial charge in [-0.2, -0.15) is 0 Å². The van der Waals surface area contributed by atoms with Gasteiger partial charge in [0.1, 0.15) is 17.6 Å². The third-order valence-corrected chi connectivity index (χ3v) is 3.08.